The van der Waals surface area contributed by atoms with Gasteiger partial charge in [0.25, 0.3) is 0 Å². The van der Waals surface area contributed by atoms with Crippen LogP contribution >= 0.6 is 0 Å². The quantitative estimate of drug-likeness (QED) is 0.838. The lowest BCUT2D eigenvalue weighted by Gasteiger charge is -2.37. The Morgan fingerprint density at radius 1 is 1.28 bits per heavy atom. The van der Waals surface area contributed by atoms with Crippen molar-refractivity contribution in [3.8, 4) is 11.1 Å². The Hall–Kier alpha value is -2.51. The fourth-order valence-electron chi connectivity index (χ4n) is 4.34. The first-order chi connectivity index (χ1) is 14.0. The normalized spacial score (nSPS) is 20.7. The molecule has 1 aromatic carbocycles. The summed E-state index contributed by atoms with van der Waals surface area (Å²) in [5.41, 5.74) is 8.59. The third-order valence-electron chi connectivity index (χ3n) is 5.91. The number of aromatic nitrogens is 2. The van der Waals surface area contributed by atoms with Crippen LogP contribution in [0.5, 0.6) is 0 Å². The third kappa shape index (κ3) is 4.26. The number of carbonyl (C=O) groups excluding carboxylic acids is 1. The molecule has 7 nitrogen and oxygen atoms in total. The molecule has 2 aromatic rings. The average molecular weight is 396 g/mol. The van der Waals surface area contributed by atoms with Crippen molar-refractivity contribution >= 4 is 11.9 Å². The van der Waals surface area contributed by atoms with Crippen LogP contribution in [0.4, 0.5) is 5.95 Å². The summed E-state index contributed by atoms with van der Waals surface area (Å²) >= 11 is 0. The number of benzene rings is 1. The molecule has 1 amide bonds. The molecule has 0 radical (unpaired) electrons. The topological polar surface area (TPSA) is 84.6 Å². The lowest BCUT2D eigenvalue weighted by molar-refractivity contribution is -0.0456. The number of hydrogen-bond donors (Lipinski definition) is 1. The maximum atomic E-state index is 11.7. The molecule has 2 fully saturated rings. The van der Waals surface area contributed by atoms with Crippen LogP contribution in [-0.2, 0) is 4.74 Å². The zero-order valence-corrected chi connectivity index (χ0v) is 17.2. The van der Waals surface area contributed by atoms with Crippen LogP contribution in [0.3, 0.4) is 0 Å². The van der Waals surface area contributed by atoms with Crippen molar-refractivity contribution in [1.29, 1.82) is 0 Å². The Labute approximate surface area is 171 Å². The Morgan fingerprint density at radius 2 is 2.07 bits per heavy atom. The number of morpholine rings is 1. The number of carbonyl (C=O) groups is 1. The first kappa shape index (κ1) is 19.8. The van der Waals surface area contributed by atoms with Crippen LogP contribution in [0.15, 0.2) is 30.5 Å². The van der Waals surface area contributed by atoms with Crippen molar-refractivity contribution in [3.05, 3.63) is 41.7 Å². The SMILES string of the molecule is CN(C)c1ncc(-c2cccc(C(N)=O)c2)c([C@H]2CN(C3CCCC3)CCO2)n1. The van der Waals surface area contributed by atoms with E-state index in [1.807, 2.05) is 37.3 Å². The number of rotatable bonds is 5. The fraction of sp³-hybridized carbons (Fsp3) is 0.500. The Morgan fingerprint density at radius 3 is 2.79 bits per heavy atom. The van der Waals surface area contributed by atoms with E-state index in [0.29, 0.717) is 24.2 Å². The second-order valence-corrected chi connectivity index (χ2v) is 8.10. The molecule has 2 aliphatic rings. The van der Waals surface area contributed by atoms with Gasteiger partial charge in [0.15, 0.2) is 0 Å². The van der Waals surface area contributed by atoms with Gasteiger partial charge in [-0.05, 0) is 30.5 Å². The molecule has 7 heteroatoms. The van der Waals surface area contributed by atoms with Crippen molar-refractivity contribution in [2.24, 2.45) is 5.73 Å². The second kappa shape index (κ2) is 8.47. The van der Waals surface area contributed by atoms with Crippen molar-refractivity contribution in [1.82, 2.24) is 14.9 Å². The predicted octanol–water partition coefficient (Wildman–Crippen LogP) is 2.62. The van der Waals surface area contributed by atoms with Gasteiger partial charge < -0.3 is 15.4 Å². The number of anilines is 1. The molecule has 29 heavy (non-hydrogen) atoms. The van der Waals surface area contributed by atoms with E-state index < -0.39 is 5.91 Å². The minimum atomic E-state index is -0.444. The number of nitrogens with two attached hydrogens (primary N) is 1. The first-order valence-electron chi connectivity index (χ1n) is 10.3. The molecule has 2 N–H and O–H groups in total. The van der Waals surface area contributed by atoms with E-state index >= 15 is 0 Å². The molecule has 1 aliphatic heterocycles. The van der Waals surface area contributed by atoms with Crippen LogP contribution in [0.1, 0.15) is 47.8 Å². The van der Waals surface area contributed by atoms with E-state index in [-0.39, 0.29) is 6.10 Å². The molecule has 4 rings (SSSR count). The van der Waals surface area contributed by atoms with Gasteiger partial charge in [0.05, 0.1) is 12.3 Å². The van der Waals surface area contributed by atoms with Crippen LogP contribution in [0.2, 0.25) is 0 Å². The lowest BCUT2D eigenvalue weighted by atomic mass is 9.99. The number of primary amides is 1. The fourth-order valence-corrected chi connectivity index (χ4v) is 4.34. The van der Waals surface area contributed by atoms with E-state index in [4.69, 9.17) is 15.5 Å². The summed E-state index contributed by atoms with van der Waals surface area (Å²) in [5, 5.41) is 0. The number of nitrogens with zero attached hydrogens (tertiary/aromatic N) is 4. The molecule has 1 aromatic heterocycles. The molecule has 1 aliphatic carbocycles. The van der Waals surface area contributed by atoms with E-state index in [0.717, 1.165) is 29.9 Å². The highest BCUT2D eigenvalue weighted by Crippen LogP contribution is 2.34. The van der Waals surface area contributed by atoms with Crippen LogP contribution < -0.4 is 10.6 Å². The summed E-state index contributed by atoms with van der Waals surface area (Å²) in [5.74, 6) is 0.206. The Bertz CT molecular complexity index is 879. The Balaban J connectivity index is 1.71. The van der Waals surface area contributed by atoms with Gasteiger partial charge in [-0.3, -0.25) is 9.69 Å². The maximum Gasteiger partial charge on any atom is 0.248 e. The molecule has 1 atom stereocenters. The highest BCUT2D eigenvalue weighted by molar-refractivity contribution is 5.94. The molecule has 2 heterocycles. The monoisotopic (exact) mass is 395 g/mol. The average Bonchev–Trinajstić information content (AvgIpc) is 3.28. The van der Waals surface area contributed by atoms with Gasteiger partial charge in [0.1, 0.15) is 6.10 Å². The third-order valence-corrected chi connectivity index (χ3v) is 5.91. The van der Waals surface area contributed by atoms with Gasteiger partial charge in [0, 0.05) is 50.6 Å². The Kier molecular flexibility index (Phi) is 5.78. The zero-order chi connectivity index (χ0) is 20.4. The van der Waals surface area contributed by atoms with Crippen LogP contribution in [-0.4, -0.2) is 60.6 Å². The molecular weight excluding hydrogens is 366 g/mol. The van der Waals surface area contributed by atoms with Crippen LogP contribution in [0.25, 0.3) is 11.1 Å². The van der Waals surface area contributed by atoms with Gasteiger partial charge in [0.2, 0.25) is 11.9 Å². The smallest absolute Gasteiger partial charge is 0.248 e. The van der Waals surface area contributed by atoms with Crippen molar-refractivity contribution < 1.29 is 9.53 Å². The summed E-state index contributed by atoms with van der Waals surface area (Å²) < 4.78 is 6.19. The van der Waals surface area contributed by atoms with E-state index in [2.05, 4.69) is 9.88 Å². The summed E-state index contributed by atoms with van der Waals surface area (Å²) in [6.45, 7) is 2.50. The summed E-state index contributed by atoms with van der Waals surface area (Å²) in [4.78, 5) is 25.5. The van der Waals surface area contributed by atoms with Gasteiger partial charge >= 0.3 is 0 Å². The van der Waals surface area contributed by atoms with E-state index in [9.17, 15) is 4.79 Å². The number of amides is 1. The highest BCUT2D eigenvalue weighted by Gasteiger charge is 2.31. The van der Waals surface area contributed by atoms with Gasteiger partial charge in [-0.25, -0.2) is 9.97 Å². The van der Waals surface area contributed by atoms with Gasteiger partial charge in [-0.15, -0.1) is 0 Å². The van der Waals surface area contributed by atoms with Gasteiger partial charge in [-0.1, -0.05) is 25.0 Å². The van der Waals surface area contributed by atoms with Crippen molar-refractivity contribution in [2.45, 2.75) is 37.8 Å². The van der Waals surface area contributed by atoms with Crippen molar-refractivity contribution in [3.63, 3.8) is 0 Å². The van der Waals surface area contributed by atoms with E-state index in [1.54, 1.807) is 12.1 Å². The molecule has 0 bridgehead atoms. The summed E-state index contributed by atoms with van der Waals surface area (Å²) in [6, 6.07) is 7.97. The molecular formula is C22H29N5O2. The molecule has 1 saturated heterocycles. The minimum Gasteiger partial charge on any atom is -0.369 e. The molecule has 154 valence electrons. The van der Waals surface area contributed by atoms with Crippen molar-refractivity contribution in [2.75, 3.05) is 38.7 Å². The molecule has 0 spiro atoms. The lowest BCUT2D eigenvalue weighted by Crippen LogP contribution is -2.44. The molecule has 1 saturated carbocycles. The minimum absolute atomic E-state index is 0.127. The number of hydrogen-bond acceptors (Lipinski definition) is 6. The summed E-state index contributed by atoms with van der Waals surface area (Å²) in [6.07, 6.45) is 6.88. The van der Waals surface area contributed by atoms with Crippen LogP contribution in [0, 0.1) is 0 Å². The van der Waals surface area contributed by atoms with Gasteiger partial charge in [-0.2, -0.15) is 0 Å². The zero-order valence-electron chi connectivity index (χ0n) is 17.2. The second-order valence-electron chi connectivity index (χ2n) is 8.10. The standard InChI is InChI=1S/C22H29N5O2/c1-26(2)22-24-13-18(15-6-5-7-16(12-15)21(23)28)20(25-22)19-14-27(10-11-29-19)17-8-3-4-9-17/h5-7,12-13,17,19H,3-4,8-11,14H2,1-2H3,(H2,23,28)/t19-/m1/s1. The highest BCUT2D eigenvalue weighted by atomic mass is 16.5. The molecule has 0 unspecified atom stereocenters. The maximum absolute atomic E-state index is 11.7. The first-order valence-corrected chi connectivity index (χ1v) is 10.3. The van der Waals surface area contributed by atoms with E-state index in [1.165, 1.54) is 25.7 Å². The number of ether oxygens (including phenoxy) is 1. The summed E-state index contributed by atoms with van der Waals surface area (Å²) in [7, 11) is 3.86. The largest absolute Gasteiger partial charge is 0.369 e. The predicted molar refractivity (Wildman–Crippen MR) is 113 cm³/mol.